The third-order valence-corrected chi connectivity index (χ3v) is 2.85. The van der Waals surface area contributed by atoms with Crippen molar-refractivity contribution in [2.45, 2.75) is 26.3 Å². The van der Waals surface area contributed by atoms with Crippen molar-refractivity contribution >= 4 is 5.78 Å². The van der Waals surface area contributed by atoms with Crippen LogP contribution >= 0.6 is 0 Å². The lowest BCUT2D eigenvalue weighted by Gasteiger charge is -2.07. The summed E-state index contributed by atoms with van der Waals surface area (Å²) in [5, 5.41) is 0. The normalized spacial score (nSPS) is 10.4. The van der Waals surface area contributed by atoms with Gasteiger partial charge in [-0.25, -0.2) is 9.97 Å². The van der Waals surface area contributed by atoms with Gasteiger partial charge in [-0.15, -0.1) is 0 Å². The Labute approximate surface area is 112 Å². The first-order chi connectivity index (χ1) is 9.26. The van der Waals surface area contributed by atoms with E-state index in [0.29, 0.717) is 11.4 Å². The number of nitrogens with zero attached hydrogens (tertiary/aromatic N) is 3. The number of methoxy groups -OCH3 is 1. The molecule has 2 aromatic heterocycles. The summed E-state index contributed by atoms with van der Waals surface area (Å²) in [6, 6.07) is 3.45. The Morgan fingerprint density at radius 1 is 1.37 bits per heavy atom. The van der Waals surface area contributed by atoms with Crippen LogP contribution in [0, 0.1) is 0 Å². The molecule has 0 fully saturated rings. The Kier molecular flexibility index (Phi) is 4.28. The number of ether oxygens (including phenoxy) is 1. The quantitative estimate of drug-likeness (QED) is 0.746. The monoisotopic (exact) mass is 259 g/mol. The van der Waals surface area contributed by atoms with Crippen molar-refractivity contribution in [3.63, 3.8) is 0 Å². The maximum absolute atomic E-state index is 12.3. The zero-order chi connectivity index (χ0) is 13.7. The highest BCUT2D eigenvalue weighted by molar-refractivity contribution is 5.99. The van der Waals surface area contributed by atoms with Gasteiger partial charge in [0.2, 0.25) is 5.88 Å². The summed E-state index contributed by atoms with van der Waals surface area (Å²) in [4.78, 5) is 20.5. The molecule has 0 aliphatic rings. The summed E-state index contributed by atoms with van der Waals surface area (Å²) >= 11 is 0. The van der Waals surface area contributed by atoms with E-state index in [1.165, 1.54) is 7.11 Å². The predicted octanol–water partition coefficient (Wildman–Crippen LogP) is 2.12. The molecule has 2 heterocycles. The number of carbonyl (C=O) groups excluding carboxylic acids is 1. The van der Waals surface area contributed by atoms with Crippen molar-refractivity contribution in [2.24, 2.45) is 0 Å². The molecule has 0 atom stereocenters. The van der Waals surface area contributed by atoms with Crippen LogP contribution in [0.1, 0.15) is 29.5 Å². The van der Waals surface area contributed by atoms with E-state index in [0.717, 1.165) is 18.8 Å². The molecule has 2 aromatic rings. The fourth-order valence-corrected chi connectivity index (χ4v) is 1.96. The number of rotatable bonds is 6. The minimum absolute atomic E-state index is 0.0338. The smallest absolute Gasteiger partial charge is 0.224 e. The first-order valence-corrected chi connectivity index (χ1v) is 6.28. The minimum Gasteiger partial charge on any atom is -0.480 e. The van der Waals surface area contributed by atoms with Crippen LogP contribution in [0.15, 0.2) is 30.7 Å². The van der Waals surface area contributed by atoms with Crippen LogP contribution in [0.4, 0.5) is 0 Å². The van der Waals surface area contributed by atoms with Gasteiger partial charge in [-0.3, -0.25) is 4.79 Å². The molecule has 0 spiro atoms. The maximum Gasteiger partial charge on any atom is 0.224 e. The molecule has 19 heavy (non-hydrogen) atoms. The second kappa shape index (κ2) is 6.13. The van der Waals surface area contributed by atoms with E-state index in [4.69, 9.17) is 4.74 Å². The van der Waals surface area contributed by atoms with Gasteiger partial charge in [-0.1, -0.05) is 6.92 Å². The second-order valence-corrected chi connectivity index (χ2v) is 4.20. The standard InChI is InChI=1S/C14H17N3O2/c1-3-8-17-9-7-15-13(17)10-12(18)11-5-4-6-16-14(11)19-2/h4-7,9H,3,8,10H2,1-2H3. The Balaban J connectivity index is 2.18. The van der Waals surface area contributed by atoms with Crippen LogP contribution in [0.2, 0.25) is 0 Å². The van der Waals surface area contributed by atoms with Crippen LogP contribution in [-0.2, 0) is 13.0 Å². The van der Waals surface area contributed by atoms with Crippen LogP contribution in [0.3, 0.4) is 0 Å². The van der Waals surface area contributed by atoms with Crippen molar-refractivity contribution < 1.29 is 9.53 Å². The zero-order valence-electron chi connectivity index (χ0n) is 11.2. The van der Waals surface area contributed by atoms with Crippen LogP contribution < -0.4 is 4.74 Å². The lowest BCUT2D eigenvalue weighted by molar-refractivity contribution is 0.0986. The summed E-state index contributed by atoms with van der Waals surface area (Å²) in [7, 11) is 1.51. The number of imidazole rings is 1. The van der Waals surface area contributed by atoms with Gasteiger partial charge in [-0.2, -0.15) is 0 Å². The van der Waals surface area contributed by atoms with Crippen molar-refractivity contribution in [3.8, 4) is 5.88 Å². The molecule has 5 nitrogen and oxygen atoms in total. The number of pyridine rings is 1. The number of hydrogen-bond acceptors (Lipinski definition) is 4. The lowest BCUT2D eigenvalue weighted by Crippen LogP contribution is -2.11. The Morgan fingerprint density at radius 2 is 2.21 bits per heavy atom. The summed E-state index contributed by atoms with van der Waals surface area (Å²) in [6.07, 6.45) is 6.49. The number of aromatic nitrogens is 3. The highest BCUT2D eigenvalue weighted by atomic mass is 16.5. The number of carbonyl (C=O) groups is 1. The van der Waals surface area contributed by atoms with E-state index in [1.54, 1.807) is 24.5 Å². The number of aryl methyl sites for hydroxylation is 1. The van der Waals surface area contributed by atoms with Crippen molar-refractivity contribution in [1.82, 2.24) is 14.5 Å². The highest BCUT2D eigenvalue weighted by Gasteiger charge is 2.15. The van der Waals surface area contributed by atoms with E-state index >= 15 is 0 Å². The second-order valence-electron chi connectivity index (χ2n) is 4.20. The molecule has 0 radical (unpaired) electrons. The van der Waals surface area contributed by atoms with E-state index in [9.17, 15) is 4.79 Å². The summed E-state index contributed by atoms with van der Waals surface area (Å²) in [5.74, 6) is 1.10. The molecule has 100 valence electrons. The van der Waals surface area contributed by atoms with Crippen molar-refractivity contribution in [1.29, 1.82) is 0 Å². The van der Waals surface area contributed by atoms with Crippen LogP contribution in [0.5, 0.6) is 5.88 Å². The van der Waals surface area contributed by atoms with E-state index in [1.807, 2.05) is 10.8 Å². The predicted molar refractivity (Wildman–Crippen MR) is 71.3 cm³/mol. The maximum atomic E-state index is 12.3. The molecule has 0 aliphatic carbocycles. The van der Waals surface area contributed by atoms with Gasteiger partial charge < -0.3 is 9.30 Å². The topological polar surface area (TPSA) is 57.0 Å². The van der Waals surface area contributed by atoms with E-state index < -0.39 is 0 Å². The molecule has 0 aromatic carbocycles. The Morgan fingerprint density at radius 3 is 2.95 bits per heavy atom. The molecular formula is C14H17N3O2. The fourth-order valence-electron chi connectivity index (χ4n) is 1.96. The Bertz CT molecular complexity index is 563. The fraction of sp³-hybridized carbons (Fsp3) is 0.357. The van der Waals surface area contributed by atoms with Crippen molar-refractivity contribution in [3.05, 3.63) is 42.1 Å². The largest absolute Gasteiger partial charge is 0.480 e. The summed E-state index contributed by atoms with van der Waals surface area (Å²) in [5.41, 5.74) is 0.496. The van der Waals surface area contributed by atoms with Gasteiger partial charge in [0.25, 0.3) is 0 Å². The average molecular weight is 259 g/mol. The first-order valence-electron chi connectivity index (χ1n) is 6.28. The molecule has 0 saturated carbocycles. The van der Waals surface area contributed by atoms with Crippen molar-refractivity contribution in [2.75, 3.05) is 7.11 Å². The van der Waals surface area contributed by atoms with Gasteiger partial charge in [0.15, 0.2) is 5.78 Å². The highest BCUT2D eigenvalue weighted by Crippen LogP contribution is 2.16. The molecule has 0 saturated heterocycles. The minimum atomic E-state index is -0.0338. The Hall–Kier alpha value is -2.17. The molecular weight excluding hydrogens is 242 g/mol. The van der Waals surface area contributed by atoms with Gasteiger partial charge in [0.1, 0.15) is 5.82 Å². The van der Waals surface area contributed by atoms with Gasteiger partial charge >= 0.3 is 0 Å². The lowest BCUT2D eigenvalue weighted by atomic mass is 10.1. The van der Waals surface area contributed by atoms with Gasteiger partial charge in [0.05, 0.1) is 19.1 Å². The number of hydrogen-bond donors (Lipinski definition) is 0. The third kappa shape index (κ3) is 2.99. The molecule has 0 bridgehead atoms. The van der Waals surface area contributed by atoms with E-state index in [2.05, 4.69) is 16.9 Å². The molecule has 2 rings (SSSR count). The molecule has 0 N–H and O–H groups in total. The van der Waals surface area contributed by atoms with Gasteiger partial charge in [0, 0.05) is 25.1 Å². The average Bonchev–Trinajstić information content (AvgIpc) is 2.86. The molecule has 5 heteroatoms. The summed E-state index contributed by atoms with van der Waals surface area (Å²) < 4.78 is 7.10. The number of ketones is 1. The SMILES string of the molecule is CCCn1ccnc1CC(=O)c1cccnc1OC. The molecule has 0 aliphatic heterocycles. The van der Waals surface area contributed by atoms with Crippen LogP contribution in [-0.4, -0.2) is 27.4 Å². The molecule has 0 amide bonds. The van der Waals surface area contributed by atoms with E-state index in [-0.39, 0.29) is 12.2 Å². The van der Waals surface area contributed by atoms with Crippen LogP contribution in [0.25, 0.3) is 0 Å². The molecule has 0 unspecified atom stereocenters. The first kappa shape index (κ1) is 13.3. The summed E-state index contributed by atoms with van der Waals surface area (Å²) in [6.45, 7) is 2.96. The number of Topliss-reactive ketones (excluding diaryl/α,β-unsaturated/α-hetero) is 1. The van der Waals surface area contributed by atoms with Gasteiger partial charge in [-0.05, 0) is 18.6 Å². The third-order valence-electron chi connectivity index (χ3n) is 2.85. The zero-order valence-corrected chi connectivity index (χ0v) is 11.2.